The van der Waals surface area contributed by atoms with Crippen molar-refractivity contribution in [2.24, 2.45) is 4.99 Å². The third-order valence-corrected chi connectivity index (χ3v) is 5.98. The second-order valence-corrected chi connectivity index (χ2v) is 8.55. The van der Waals surface area contributed by atoms with E-state index >= 15 is 0 Å². The van der Waals surface area contributed by atoms with E-state index in [2.05, 4.69) is 9.71 Å². The summed E-state index contributed by atoms with van der Waals surface area (Å²) in [4.78, 5) is 29.0. The highest BCUT2D eigenvalue weighted by Gasteiger charge is 2.30. The molecule has 1 N–H and O–H groups in total. The molecule has 1 aliphatic rings. The number of aryl methyl sites for hydroxylation is 2. The topological polar surface area (TPSA) is 102 Å². The lowest BCUT2D eigenvalue weighted by Gasteiger charge is -2.14. The van der Waals surface area contributed by atoms with E-state index in [4.69, 9.17) is 4.74 Å². The number of rotatable bonds is 6. The fraction of sp³-hybridized carbons (Fsp3) is 0.286. The van der Waals surface area contributed by atoms with Gasteiger partial charge < -0.3 is 4.74 Å². The summed E-state index contributed by atoms with van der Waals surface area (Å²) in [6, 6.07) is 12.0. The van der Waals surface area contributed by atoms with Crippen LogP contribution in [0.2, 0.25) is 0 Å². The van der Waals surface area contributed by atoms with E-state index in [1.807, 2.05) is 26.0 Å². The molecule has 152 valence electrons. The van der Waals surface area contributed by atoms with Gasteiger partial charge in [0.15, 0.2) is 6.10 Å². The zero-order valence-corrected chi connectivity index (χ0v) is 17.2. The Morgan fingerprint density at radius 2 is 1.86 bits per heavy atom. The SMILES string of the molecule is Cc1ccc(C)c(C(=O)[C@H](C)OC(=O)CCN=C2NS(=O)(=O)c3ccccc32)c1. The van der Waals surface area contributed by atoms with Gasteiger partial charge in [0.1, 0.15) is 5.84 Å². The Morgan fingerprint density at radius 3 is 2.62 bits per heavy atom. The molecule has 0 spiro atoms. The molecular formula is C21H22N2O5S. The summed E-state index contributed by atoms with van der Waals surface area (Å²) in [5.74, 6) is -0.633. The molecule has 1 heterocycles. The van der Waals surface area contributed by atoms with Crippen molar-refractivity contribution in [2.45, 2.75) is 38.2 Å². The number of aliphatic imine (C=N–C) groups is 1. The number of sulfonamides is 1. The van der Waals surface area contributed by atoms with E-state index in [1.165, 1.54) is 13.0 Å². The molecule has 0 unspecified atom stereocenters. The Kier molecular flexibility index (Phi) is 5.83. The molecule has 29 heavy (non-hydrogen) atoms. The number of esters is 1. The van der Waals surface area contributed by atoms with Gasteiger partial charge in [0.25, 0.3) is 10.0 Å². The van der Waals surface area contributed by atoms with Crippen LogP contribution in [0.5, 0.6) is 0 Å². The molecule has 3 rings (SSSR count). The molecule has 2 aromatic carbocycles. The minimum absolute atomic E-state index is 0.0371. The van der Waals surface area contributed by atoms with Gasteiger partial charge in [0.05, 0.1) is 17.9 Å². The maximum Gasteiger partial charge on any atom is 0.308 e. The van der Waals surface area contributed by atoms with Crippen LogP contribution in [0.1, 0.15) is 40.4 Å². The Morgan fingerprint density at radius 1 is 1.14 bits per heavy atom. The Hall–Kier alpha value is -3.00. The lowest BCUT2D eigenvalue weighted by atomic mass is 9.99. The van der Waals surface area contributed by atoms with Crippen LogP contribution in [0, 0.1) is 13.8 Å². The third kappa shape index (κ3) is 4.54. The van der Waals surface area contributed by atoms with Crippen molar-refractivity contribution in [3.05, 3.63) is 64.7 Å². The Labute approximate surface area is 169 Å². The van der Waals surface area contributed by atoms with Crippen LogP contribution in [0.4, 0.5) is 0 Å². The van der Waals surface area contributed by atoms with Gasteiger partial charge in [-0.15, -0.1) is 0 Å². The number of ether oxygens (including phenoxy) is 1. The molecule has 0 amide bonds. The first kappa shape index (κ1) is 20.7. The molecular weight excluding hydrogens is 392 g/mol. The van der Waals surface area contributed by atoms with E-state index in [1.54, 1.807) is 24.3 Å². The number of carbonyl (C=O) groups excluding carboxylic acids is 2. The van der Waals surface area contributed by atoms with Gasteiger partial charge in [0, 0.05) is 11.1 Å². The summed E-state index contributed by atoms with van der Waals surface area (Å²) < 4.78 is 31.7. The number of Topliss-reactive ketones (excluding diaryl/α,β-unsaturated/α-hetero) is 1. The number of carbonyl (C=O) groups is 2. The predicted molar refractivity (Wildman–Crippen MR) is 109 cm³/mol. The predicted octanol–water partition coefficient (Wildman–Crippen LogP) is 2.55. The second kappa shape index (κ2) is 8.16. The number of benzene rings is 2. The van der Waals surface area contributed by atoms with Gasteiger partial charge in [-0.05, 0) is 44.5 Å². The molecule has 0 aromatic heterocycles. The molecule has 1 aliphatic heterocycles. The highest BCUT2D eigenvalue weighted by molar-refractivity contribution is 7.90. The maximum atomic E-state index is 12.6. The van der Waals surface area contributed by atoms with Gasteiger partial charge in [-0.3, -0.25) is 19.3 Å². The summed E-state index contributed by atoms with van der Waals surface area (Å²) >= 11 is 0. The fourth-order valence-electron chi connectivity index (χ4n) is 3.04. The van der Waals surface area contributed by atoms with Crippen molar-refractivity contribution in [1.82, 2.24) is 4.72 Å². The zero-order chi connectivity index (χ0) is 21.2. The number of hydrogen-bond acceptors (Lipinski definition) is 6. The molecule has 0 radical (unpaired) electrons. The quantitative estimate of drug-likeness (QED) is 0.578. The lowest BCUT2D eigenvalue weighted by molar-refractivity contribution is -0.146. The van der Waals surface area contributed by atoms with Crippen molar-refractivity contribution < 1.29 is 22.7 Å². The molecule has 0 saturated heterocycles. The maximum absolute atomic E-state index is 12.6. The largest absolute Gasteiger partial charge is 0.454 e. The van der Waals surface area contributed by atoms with Crippen molar-refractivity contribution in [2.75, 3.05) is 6.54 Å². The second-order valence-electron chi connectivity index (χ2n) is 6.90. The van der Waals surface area contributed by atoms with E-state index < -0.39 is 22.1 Å². The molecule has 0 bridgehead atoms. The van der Waals surface area contributed by atoms with Crippen molar-refractivity contribution >= 4 is 27.6 Å². The number of hydrogen-bond donors (Lipinski definition) is 1. The van der Waals surface area contributed by atoms with Gasteiger partial charge in [-0.25, -0.2) is 8.42 Å². The average molecular weight is 414 g/mol. The first-order valence-corrected chi connectivity index (χ1v) is 10.6. The molecule has 0 fully saturated rings. The molecule has 0 saturated carbocycles. The van der Waals surface area contributed by atoms with Crippen LogP contribution in [-0.2, 0) is 19.6 Å². The molecule has 1 atom stereocenters. The normalized spacial score (nSPS) is 16.7. The van der Waals surface area contributed by atoms with Crippen LogP contribution < -0.4 is 4.72 Å². The van der Waals surface area contributed by atoms with Crippen molar-refractivity contribution in [1.29, 1.82) is 0 Å². The molecule has 0 aliphatic carbocycles. The summed E-state index contributed by atoms with van der Waals surface area (Å²) in [5.41, 5.74) is 2.77. The highest BCUT2D eigenvalue weighted by atomic mass is 32.2. The molecule has 2 aromatic rings. The molecule has 8 heteroatoms. The van der Waals surface area contributed by atoms with Crippen LogP contribution in [0.15, 0.2) is 52.4 Å². The van der Waals surface area contributed by atoms with E-state index in [-0.39, 0.29) is 29.5 Å². The summed E-state index contributed by atoms with van der Waals surface area (Å²) in [6.45, 7) is 5.30. The van der Waals surface area contributed by atoms with E-state index in [0.717, 1.165) is 11.1 Å². The first-order valence-electron chi connectivity index (χ1n) is 9.16. The number of ketones is 1. The van der Waals surface area contributed by atoms with Gasteiger partial charge >= 0.3 is 5.97 Å². The fourth-order valence-corrected chi connectivity index (χ4v) is 4.29. The minimum Gasteiger partial charge on any atom is -0.454 e. The highest BCUT2D eigenvalue weighted by Crippen LogP contribution is 2.22. The first-order chi connectivity index (χ1) is 13.7. The Bertz CT molecular complexity index is 1110. The van der Waals surface area contributed by atoms with Crippen LogP contribution in [0.3, 0.4) is 0 Å². The standard InChI is InChI=1S/C21H22N2O5S/c1-13-8-9-14(2)17(12-13)20(25)15(3)28-19(24)10-11-22-21-16-6-4-5-7-18(16)29(26,27)23-21/h4-9,12,15H,10-11H2,1-3H3,(H,22,23)/t15-/m0/s1. The third-order valence-electron chi connectivity index (χ3n) is 4.58. The van der Waals surface area contributed by atoms with Gasteiger partial charge in [-0.2, -0.15) is 0 Å². The number of amidine groups is 1. The van der Waals surface area contributed by atoms with Crippen LogP contribution in [0.25, 0.3) is 0 Å². The summed E-state index contributed by atoms with van der Waals surface area (Å²) in [5, 5.41) is 0. The average Bonchev–Trinajstić information content (AvgIpc) is 2.94. The Balaban J connectivity index is 1.60. The van der Waals surface area contributed by atoms with Crippen molar-refractivity contribution in [3.63, 3.8) is 0 Å². The summed E-state index contributed by atoms with van der Waals surface area (Å²) in [7, 11) is -3.62. The number of nitrogens with zero attached hydrogens (tertiary/aromatic N) is 1. The number of nitrogens with one attached hydrogen (secondary N) is 1. The summed E-state index contributed by atoms with van der Waals surface area (Å²) in [6.07, 6.45) is -0.987. The van der Waals surface area contributed by atoms with Crippen LogP contribution in [-0.4, -0.2) is 38.7 Å². The van der Waals surface area contributed by atoms with Gasteiger partial charge in [-0.1, -0.05) is 29.8 Å². The van der Waals surface area contributed by atoms with Gasteiger partial charge in [0.2, 0.25) is 5.78 Å². The minimum atomic E-state index is -3.62. The number of fused-ring (bicyclic) bond motifs is 1. The van der Waals surface area contributed by atoms with E-state index in [0.29, 0.717) is 11.1 Å². The van der Waals surface area contributed by atoms with E-state index in [9.17, 15) is 18.0 Å². The van der Waals surface area contributed by atoms with Crippen LogP contribution >= 0.6 is 0 Å². The lowest BCUT2D eigenvalue weighted by Crippen LogP contribution is -2.26. The monoisotopic (exact) mass is 414 g/mol. The molecule has 7 nitrogen and oxygen atoms in total. The zero-order valence-electron chi connectivity index (χ0n) is 16.4. The smallest absolute Gasteiger partial charge is 0.308 e. The van der Waals surface area contributed by atoms with Crippen molar-refractivity contribution in [3.8, 4) is 0 Å².